The van der Waals surface area contributed by atoms with Gasteiger partial charge in [-0.25, -0.2) is 4.68 Å². The molecule has 0 aliphatic heterocycles. The highest BCUT2D eigenvalue weighted by atomic mass is 32.1. The van der Waals surface area contributed by atoms with Crippen LogP contribution >= 0.6 is 12.6 Å². The number of rotatable bonds is 5. The molecule has 20 heavy (non-hydrogen) atoms. The average molecular weight is 290 g/mol. The molecule has 0 aliphatic carbocycles. The van der Waals surface area contributed by atoms with Gasteiger partial charge in [0.25, 0.3) is 5.56 Å². The molecule has 0 bridgehead atoms. The van der Waals surface area contributed by atoms with E-state index in [0.29, 0.717) is 24.5 Å². The predicted octanol–water partition coefficient (Wildman–Crippen LogP) is 2.76. The van der Waals surface area contributed by atoms with Gasteiger partial charge in [-0.05, 0) is 44.2 Å². The molecule has 0 aliphatic rings. The summed E-state index contributed by atoms with van der Waals surface area (Å²) in [7, 11) is 0. The number of nitrogens with zero attached hydrogens (tertiary/aromatic N) is 2. The van der Waals surface area contributed by atoms with Crippen LogP contribution in [0.2, 0.25) is 0 Å². The van der Waals surface area contributed by atoms with Crippen molar-refractivity contribution in [3.63, 3.8) is 0 Å². The first-order chi connectivity index (χ1) is 9.69. The van der Waals surface area contributed by atoms with Gasteiger partial charge in [-0.15, -0.1) is 0 Å². The Bertz CT molecular complexity index is 607. The Morgan fingerprint density at radius 3 is 2.50 bits per heavy atom. The zero-order valence-corrected chi connectivity index (χ0v) is 12.6. The molecule has 0 saturated heterocycles. The van der Waals surface area contributed by atoms with Gasteiger partial charge in [0.2, 0.25) is 0 Å². The molecule has 0 radical (unpaired) electrons. The fourth-order valence-corrected chi connectivity index (χ4v) is 2.18. The van der Waals surface area contributed by atoms with E-state index in [-0.39, 0.29) is 5.56 Å². The maximum atomic E-state index is 12.0. The van der Waals surface area contributed by atoms with E-state index in [1.807, 2.05) is 38.1 Å². The second kappa shape index (κ2) is 6.61. The predicted molar refractivity (Wildman–Crippen MR) is 83.5 cm³/mol. The monoisotopic (exact) mass is 290 g/mol. The maximum absolute atomic E-state index is 12.0. The quantitative estimate of drug-likeness (QED) is 0.861. The number of benzene rings is 1. The van der Waals surface area contributed by atoms with Crippen molar-refractivity contribution in [1.29, 1.82) is 0 Å². The van der Waals surface area contributed by atoms with Crippen molar-refractivity contribution >= 4 is 12.6 Å². The lowest BCUT2D eigenvalue weighted by atomic mass is 10.1. The zero-order chi connectivity index (χ0) is 14.5. The summed E-state index contributed by atoms with van der Waals surface area (Å²) >= 11 is 4.21. The summed E-state index contributed by atoms with van der Waals surface area (Å²) in [4.78, 5) is 12.0. The van der Waals surface area contributed by atoms with Gasteiger partial charge in [0.05, 0.1) is 12.3 Å². The van der Waals surface area contributed by atoms with Crippen molar-refractivity contribution in [2.45, 2.75) is 26.1 Å². The number of thiol groups is 1. The molecule has 0 saturated carbocycles. The van der Waals surface area contributed by atoms with Crippen molar-refractivity contribution < 1.29 is 4.74 Å². The molecule has 0 amide bonds. The second-order valence-corrected chi connectivity index (χ2v) is 4.61. The third kappa shape index (κ3) is 3.04. The molecule has 2 aromatic rings. The molecule has 5 heteroatoms. The SMILES string of the molecule is CCOc1ccc(-c2cc(CS)c(=O)n(CC)n2)cc1. The lowest BCUT2D eigenvalue weighted by Gasteiger charge is -2.09. The van der Waals surface area contributed by atoms with E-state index >= 15 is 0 Å². The largest absolute Gasteiger partial charge is 0.494 e. The highest BCUT2D eigenvalue weighted by Gasteiger charge is 2.08. The standard InChI is InChI=1S/C15H18N2O2S/c1-3-17-15(18)12(10-20)9-14(16-17)11-5-7-13(8-6-11)19-4-2/h5-9,20H,3-4,10H2,1-2H3. The molecular formula is C15H18N2O2S. The first kappa shape index (κ1) is 14.7. The van der Waals surface area contributed by atoms with Crippen molar-refractivity contribution in [3.8, 4) is 17.0 Å². The number of aromatic nitrogens is 2. The van der Waals surface area contributed by atoms with E-state index in [4.69, 9.17) is 4.74 Å². The summed E-state index contributed by atoms with van der Waals surface area (Å²) < 4.78 is 6.89. The molecular weight excluding hydrogens is 272 g/mol. The molecule has 2 rings (SSSR count). The summed E-state index contributed by atoms with van der Waals surface area (Å²) in [5.41, 5.74) is 2.32. The molecule has 1 aromatic heterocycles. The summed E-state index contributed by atoms with van der Waals surface area (Å²) in [5.74, 6) is 1.24. The Labute approximate surface area is 123 Å². The first-order valence-corrected chi connectivity index (χ1v) is 7.28. The van der Waals surface area contributed by atoms with E-state index in [1.165, 1.54) is 4.68 Å². The van der Waals surface area contributed by atoms with Crippen LogP contribution in [0.25, 0.3) is 11.3 Å². The second-order valence-electron chi connectivity index (χ2n) is 4.29. The van der Waals surface area contributed by atoms with Crippen LogP contribution in [0.15, 0.2) is 35.1 Å². The van der Waals surface area contributed by atoms with Crippen LogP contribution in [0.1, 0.15) is 19.4 Å². The normalized spacial score (nSPS) is 10.6. The van der Waals surface area contributed by atoms with Crippen LogP contribution in [0.5, 0.6) is 5.75 Å². The van der Waals surface area contributed by atoms with Gasteiger partial charge in [-0.2, -0.15) is 17.7 Å². The van der Waals surface area contributed by atoms with E-state index in [9.17, 15) is 4.79 Å². The highest BCUT2D eigenvalue weighted by Crippen LogP contribution is 2.21. The van der Waals surface area contributed by atoms with Gasteiger partial charge in [-0.3, -0.25) is 4.79 Å². The van der Waals surface area contributed by atoms with E-state index < -0.39 is 0 Å². The Kier molecular flexibility index (Phi) is 4.84. The minimum Gasteiger partial charge on any atom is -0.494 e. The number of aryl methyl sites for hydroxylation is 1. The molecule has 4 nitrogen and oxygen atoms in total. The van der Waals surface area contributed by atoms with Crippen molar-refractivity contribution in [2.24, 2.45) is 0 Å². The third-order valence-electron chi connectivity index (χ3n) is 2.98. The third-order valence-corrected chi connectivity index (χ3v) is 3.32. The van der Waals surface area contributed by atoms with Gasteiger partial charge in [0.1, 0.15) is 5.75 Å². The summed E-state index contributed by atoms with van der Waals surface area (Å²) in [6.07, 6.45) is 0. The highest BCUT2D eigenvalue weighted by molar-refractivity contribution is 7.79. The van der Waals surface area contributed by atoms with Crippen molar-refractivity contribution in [3.05, 3.63) is 46.2 Å². The van der Waals surface area contributed by atoms with Crippen LogP contribution in [-0.4, -0.2) is 16.4 Å². The van der Waals surface area contributed by atoms with Crippen LogP contribution in [-0.2, 0) is 12.3 Å². The smallest absolute Gasteiger partial charge is 0.270 e. The molecule has 1 heterocycles. The minimum atomic E-state index is -0.0720. The topological polar surface area (TPSA) is 44.1 Å². The van der Waals surface area contributed by atoms with Crippen LogP contribution in [0, 0.1) is 0 Å². The number of hydrogen-bond donors (Lipinski definition) is 1. The molecule has 1 aromatic carbocycles. The van der Waals surface area contributed by atoms with Gasteiger partial charge in [-0.1, -0.05) is 0 Å². The zero-order valence-electron chi connectivity index (χ0n) is 11.7. The summed E-state index contributed by atoms with van der Waals surface area (Å²) in [5, 5.41) is 4.37. The fourth-order valence-electron chi connectivity index (χ4n) is 1.95. The van der Waals surface area contributed by atoms with Crippen LogP contribution < -0.4 is 10.3 Å². The maximum Gasteiger partial charge on any atom is 0.270 e. The Morgan fingerprint density at radius 2 is 1.95 bits per heavy atom. The molecule has 0 N–H and O–H groups in total. The van der Waals surface area contributed by atoms with Crippen molar-refractivity contribution in [1.82, 2.24) is 9.78 Å². The van der Waals surface area contributed by atoms with Gasteiger partial charge < -0.3 is 4.74 Å². The lowest BCUT2D eigenvalue weighted by molar-refractivity contribution is 0.340. The van der Waals surface area contributed by atoms with Crippen LogP contribution in [0.4, 0.5) is 0 Å². The fraction of sp³-hybridized carbons (Fsp3) is 0.333. The Balaban J connectivity index is 2.44. The Morgan fingerprint density at radius 1 is 1.25 bits per heavy atom. The van der Waals surface area contributed by atoms with Gasteiger partial charge >= 0.3 is 0 Å². The van der Waals surface area contributed by atoms with Gasteiger partial charge in [0.15, 0.2) is 0 Å². The number of hydrogen-bond acceptors (Lipinski definition) is 4. The molecule has 106 valence electrons. The van der Waals surface area contributed by atoms with Crippen molar-refractivity contribution in [2.75, 3.05) is 6.61 Å². The molecule has 0 atom stereocenters. The summed E-state index contributed by atoms with van der Waals surface area (Å²) in [6.45, 7) is 5.04. The van der Waals surface area contributed by atoms with E-state index in [1.54, 1.807) is 6.07 Å². The first-order valence-electron chi connectivity index (χ1n) is 6.64. The van der Waals surface area contributed by atoms with Gasteiger partial charge in [0, 0.05) is 23.4 Å². The Hall–Kier alpha value is -1.75. The molecule has 0 unspecified atom stereocenters. The lowest BCUT2D eigenvalue weighted by Crippen LogP contribution is -2.25. The van der Waals surface area contributed by atoms with E-state index in [0.717, 1.165) is 17.0 Å². The minimum absolute atomic E-state index is 0.0720. The average Bonchev–Trinajstić information content (AvgIpc) is 2.49. The molecule has 0 spiro atoms. The van der Waals surface area contributed by atoms with Crippen LogP contribution in [0.3, 0.4) is 0 Å². The number of ether oxygens (including phenoxy) is 1. The van der Waals surface area contributed by atoms with E-state index in [2.05, 4.69) is 17.7 Å². The summed E-state index contributed by atoms with van der Waals surface area (Å²) in [6, 6.07) is 9.50. The molecule has 0 fully saturated rings.